The third-order valence-electron chi connectivity index (χ3n) is 2.10. The van der Waals surface area contributed by atoms with Crippen molar-refractivity contribution in [3.8, 4) is 0 Å². The number of rotatable bonds is 6. The van der Waals surface area contributed by atoms with Crippen LogP contribution in [0.15, 0.2) is 0 Å². The van der Waals surface area contributed by atoms with Crippen LogP contribution in [0.5, 0.6) is 0 Å². The summed E-state index contributed by atoms with van der Waals surface area (Å²) in [6, 6.07) is 0.570. The predicted octanol–water partition coefficient (Wildman–Crippen LogP) is 0.746. The van der Waals surface area contributed by atoms with E-state index in [1.165, 1.54) is 12.8 Å². The molecule has 0 aromatic heterocycles. The number of hydrogen-bond acceptors (Lipinski definition) is 2. The average Bonchev–Trinajstić information content (AvgIpc) is 2.79. The Hall–Kier alpha value is -0.640. The van der Waals surface area contributed by atoms with Crippen molar-refractivity contribution in [2.24, 2.45) is 5.73 Å². The lowest BCUT2D eigenvalue weighted by Gasteiger charge is -2.19. The maximum atomic E-state index is 12.0. The second-order valence-electron chi connectivity index (χ2n) is 3.23. The molecule has 0 radical (unpaired) electrons. The van der Waals surface area contributed by atoms with E-state index >= 15 is 0 Å². The van der Waals surface area contributed by atoms with Crippen molar-refractivity contribution in [2.75, 3.05) is 19.8 Å². The van der Waals surface area contributed by atoms with Gasteiger partial charge in [0.05, 0.1) is 5.84 Å². The molecule has 0 bridgehead atoms. The van der Waals surface area contributed by atoms with Gasteiger partial charge < -0.3 is 5.73 Å². The second-order valence-corrected chi connectivity index (χ2v) is 3.23. The highest BCUT2D eigenvalue weighted by Crippen LogP contribution is 2.26. The fraction of sp³-hybridized carbons (Fsp3) is 0.875. The Kier molecular flexibility index (Phi) is 3.47. The van der Waals surface area contributed by atoms with Crippen LogP contribution >= 0.6 is 0 Å². The van der Waals surface area contributed by atoms with E-state index in [9.17, 15) is 4.39 Å². The number of halogens is 1. The van der Waals surface area contributed by atoms with Crippen molar-refractivity contribution in [3.63, 3.8) is 0 Å². The van der Waals surface area contributed by atoms with Gasteiger partial charge in [-0.2, -0.15) is 0 Å². The summed E-state index contributed by atoms with van der Waals surface area (Å²) in [5, 5.41) is 7.04. The summed E-state index contributed by atoms with van der Waals surface area (Å²) in [4.78, 5) is 2.08. The highest BCUT2D eigenvalue weighted by atomic mass is 19.1. The molecule has 1 aliphatic rings. The molecule has 0 amide bonds. The molecule has 0 atom stereocenters. The second kappa shape index (κ2) is 4.40. The third-order valence-corrected chi connectivity index (χ3v) is 2.10. The van der Waals surface area contributed by atoms with Crippen LogP contribution in [0.25, 0.3) is 0 Å². The highest BCUT2D eigenvalue weighted by Gasteiger charge is 2.28. The first-order valence-electron chi connectivity index (χ1n) is 4.37. The Morgan fingerprint density at radius 2 is 2.17 bits per heavy atom. The summed E-state index contributed by atoms with van der Waals surface area (Å²) in [5.74, 6) is 0.194. The van der Waals surface area contributed by atoms with Crippen molar-refractivity contribution < 1.29 is 4.39 Å². The van der Waals surface area contributed by atoms with Crippen molar-refractivity contribution in [1.82, 2.24) is 4.90 Å². The topological polar surface area (TPSA) is 53.1 Å². The van der Waals surface area contributed by atoms with Gasteiger partial charge in [-0.3, -0.25) is 10.3 Å². The zero-order chi connectivity index (χ0) is 8.97. The molecular weight excluding hydrogens is 157 g/mol. The lowest BCUT2D eigenvalue weighted by molar-refractivity contribution is 0.244. The molecule has 0 heterocycles. The van der Waals surface area contributed by atoms with Gasteiger partial charge in [0.15, 0.2) is 0 Å². The normalized spacial score (nSPS) is 16.8. The summed E-state index contributed by atoms with van der Waals surface area (Å²) in [6.45, 7) is 0.941. The largest absolute Gasteiger partial charge is 0.388 e. The minimum atomic E-state index is -0.297. The van der Waals surface area contributed by atoms with E-state index in [1.807, 2.05) is 0 Å². The van der Waals surface area contributed by atoms with Crippen LogP contribution in [0, 0.1) is 5.41 Å². The number of nitrogens with one attached hydrogen (secondary N) is 1. The summed E-state index contributed by atoms with van der Waals surface area (Å²) in [5.41, 5.74) is 5.22. The summed E-state index contributed by atoms with van der Waals surface area (Å²) in [6.07, 6.45) is 2.92. The van der Waals surface area contributed by atoms with Gasteiger partial charge in [0.2, 0.25) is 0 Å². The maximum Gasteiger partial charge on any atom is 0.102 e. The molecule has 0 spiro atoms. The molecule has 3 nitrogen and oxygen atoms in total. The van der Waals surface area contributed by atoms with Gasteiger partial charge in [0.25, 0.3) is 0 Å². The zero-order valence-corrected chi connectivity index (χ0v) is 7.22. The van der Waals surface area contributed by atoms with Crippen LogP contribution in [0.1, 0.15) is 19.3 Å². The Labute approximate surface area is 72.2 Å². The van der Waals surface area contributed by atoms with Gasteiger partial charge in [0.1, 0.15) is 6.67 Å². The van der Waals surface area contributed by atoms with E-state index in [2.05, 4.69) is 4.90 Å². The lowest BCUT2D eigenvalue weighted by atomic mass is 10.3. The summed E-state index contributed by atoms with van der Waals surface area (Å²) >= 11 is 0. The first kappa shape index (κ1) is 9.45. The fourth-order valence-corrected chi connectivity index (χ4v) is 1.29. The molecule has 0 aromatic rings. The van der Waals surface area contributed by atoms with Gasteiger partial charge in [-0.1, -0.05) is 0 Å². The molecule has 3 N–H and O–H groups in total. The van der Waals surface area contributed by atoms with Crippen molar-refractivity contribution in [3.05, 3.63) is 0 Å². The number of alkyl halides is 1. The average molecular weight is 173 g/mol. The maximum absolute atomic E-state index is 12.0. The molecule has 1 saturated carbocycles. The molecule has 0 unspecified atom stereocenters. The smallest absolute Gasteiger partial charge is 0.102 e. The van der Waals surface area contributed by atoms with Crippen LogP contribution in [0.4, 0.5) is 4.39 Å². The van der Waals surface area contributed by atoms with E-state index < -0.39 is 0 Å². The Morgan fingerprint density at radius 3 is 2.58 bits per heavy atom. The Morgan fingerprint density at radius 1 is 1.50 bits per heavy atom. The molecule has 1 rings (SSSR count). The van der Waals surface area contributed by atoms with Gasteiger partial charge in [-0.05, 0) is 12.8 Å². The Balaban J connectivity index is 2.18. The quantitative estimate of drug-likeness (QED) is 0.460. The lowest BCUT2D eigenvalue weighted by Crippen LogP contribution is -2.31. The molecule has 0 saturated heterocycles. The zero-order valence-electron chi connectivity index (χ0n) is 7.22. The number of hydrogen-bond donors (Lipinski definition) is 2. The number of nitrogens with zero attached hydrogens (tertiary/aromatic N) is 1. The highest BCUT2D eigenvalue weighted by molar-refractivity contribution is 5.76. The first-order chi connectivity index (χ1) is 5.74. The minimum Gasteiger partial charge on any atom is -0.388 e. The number of nitrogens with two attached hydrogens (primary N) is 1. The summed E-state index contributed by atoms with van der Waals surface area (Å²) in [7, 11) is 0. The minimum absolute atomic E-state index is 0.194. The fourth-order valence-electron chi connectivity index (χ4n) is 1.29. The SMILES string of the molecule is N=C(N)CCN(CCF)C1CC1. The molecule has 70 valence electrons. The monoisotopic (exact) mass is 173 g/mol. The Bertz CT molecular complexity index is 156. The number of amidine groups is 1. The van der Waals surface area contributed by atoms with Crippen LogP contribution in [-0.2, 0) is 0 Å². The van der Waals surface area contributed by atoms with E-state index in [-0.39, 0.29) is 12.5 Å². The predicted molar refractivity (Wildman–Crippen MR) is 47.1 cm³/mol. The van der Waals surface area contributed by atoms with Gasteiger partial charge in [-0.15, -0.1) is 0 Å². The van der Waals surface area contributed by atoms with Gasteiger partial charge >= 0.3 is 0 Å². The van der Waals surface area contributed by atoms with Crippen LogP contribution < -0.4 is 5.73 Å². The van der Waals surface area contributed by atoms with Crippen molar-refractivity contribution >= 4 is 5.84 Å². The van der Waals surface area contributed by atoms with Crippen LogP contribution in [0.3, 0.4) is 0 Å². The molecule has 4 heteroatoms. The van der Waals surface area contributed by atoms with E-state index in [4.69, 9.17) is 11.1 Å². The van der Waals surface area contributed by atoms with E-state index in [0.29, 0.717) is 19.0 Å². The first-order valence-corrected chi connectivity index (χ1v) is 4.37. The van der Waals surface area contributed by atoms with Crippen molar-refractivity contribution in [2.45, 2.75) is 25.3 Å². The molecule has 1 aliphatic carbocycles. The van der Waals surface area contributed by atoms with E-state index in [1.54, 1.807) is 0 Å². The molecule has 0 aliphatic heterocycles. The van der Waals surface area contributed by atoms with Crippen molar-refractivity contribution in [1.29, 1.82) is 5.41 Å². The van der Waals surface area contributed by atoms with Gasteiger partial charge in [-0.25, -0.2) is 4.39 Å². The molecular formula is C8H16FN3. The standard InChI is InChI=1S/C8H16FN3/c9-4-6-12(7-1-2-7)5-3-8(10)11/h7H,1-6H2,(H3,10,11). The third kappa shape index (κ3) is 3.17. The van der Waals surface area contributed by atoms with Crippen LogP contribution in [-0.4, -0.2) is 36.5 Å². The van der Waals surface area contributed by atoms with Gasteiger partial charge in [0, 0.05) is 25.6 Å². The van der Waals surface area contributed by atoms with E-state index in [0.717, 1.165) is 6.54 Å². The molecule has 0 aromatic carbocycles. The molecule has 1 fully saturated rings. The molecule has 12 heavy (non-hydrogen) atoms. The summed E-state index contributed by atoms with van der Waals surface area (Å²) < 4.78 is 12.0. The van der Waals surface area contributed by atoms with Crippen LogP contribution in [0.2, 0.25) is 0 Å².